The molecule has 0 atom stereocenters. The number of hydrogen-bond acceptors (Lipinski definition) is 6. The molecule has 30 heavy (non-hydrogen) atoms. The maximum absolute atomic E-state index is 13.0. The number of rotatable bonds is 4. The molecule has 0 saturated carbocycles. The van der Waals surface area contributed by atoms with Gasteiger partial charge in [-0.25, -0.2) is 4.79 Å². The van der Waals surface area contributed by atoms with E-state index in [2.05, 4.69) is 0 Å². The van der Waals surface area contributed by atoms with Crippen LogP contribution < -0.4 is 14.7 Å². The summed E-state index contributed by atoms with van der Waals surface area (Å²) >= 11 is 0. The van der Waals surface area contributed by atoms with E-state index in [-0.39, 0.29) is 17.3 Å². The molecule has 2 aliphatic rings. The molecule has 2 heterocycles. The SMILES string of the molecule is COC(=O)c1ccc(/C=C2\Oc3c(C[NH+]4CCOCC4)c([O-])cc(C)c3C2=O)cc1. The number of morpholine rings is 1. The van der Waals surface area contributed by atoms with Crippen LogP contribution in [0.5, 0.6) is 11.5 Å². The van der Waals surface area contributed by atoms with E-state index >= 15 is 0 Å². The fourth-order valence-corrected chi connectivity index (χ4v) is 3.81. The summed E-state index contributed by atoms with van der Waals surface area (Å²) in [6, 6.07) is 8.19. The van der Waals surface area contributed by atoms with E-state index in [4.69, 9.17) is 14.2 Å². The third-order valence-electron chi connectivity index (χ3n) is 5.46. The zero-order valence-corrected chi connectivity index (χ0v) is 16.9. The number of methoxy groups -OCH3 is 1. The second-order valence-electron chi connectivity index (χ2n) is 7.47. The summed E-state index contributed by atoms with van der Waals surface area (Å²) in [6.07, 6.45) is 1.62. The highest BCUT2D eigenvalue weighted by Crippen LogP contribution is 2.40. The quantitative estimate of drug-likeness (QED) is 0.596. The van der Waals surface area contributed by atoms with E-state index in [1.807, 2.05) is 0 Å². The third kappa shape index (κ3) is 3.81. The Kier molecular flexibility index (Phi) is 5.57. The van der Waals surface area contributed by atoms with E-state index in [1.54, 1.807) is 37.3 Å². The maximum atomic E-state index is 13.0. The number of Topliss-reactive ketones (excluding diaryl/α,β-unsaturated/α-hetero) is 1. The number of carbonyl (C=O) groups is 2. The fourth-order valence-electron chi connectivity index (χ4n) is 3.81. The molecule has 0 spiro atoms. The van der Waals surface area contributed by atoms with Gasteiger partial charge in [-0.1, -0.05) is 23.9 Å². The van der Waals surface area contributed by atoms with Gasteiger partial charge in [0.15, 0.2) is 5.76 Å². The highest BCUT2D eigenvalue weighted by molar-refractivity contribution is 6.15. The van der Waals surface area contributed by atoms with Gasteiger partial charge < -0.3 is 24.2 Å². The summed E-state index contributed by atoms with van der Waals surface area (Å²) < 4.78 is 16.0. The van der Waals surface area contributed by atoms with Gasteiger partial charge in [-0.3, -0.25) is 4.79 Å². The van der Waals surface area contributed by atoms with E-state index in [1.165, 1.54) is 18.1 Å². The molecule has 1 saturated heterocycles. The Morgan fingerprint density at radius 1 is 1.23 bits per heavy atom. The van der Waals surface area contributed by atoms with Crippen molar-refractivity contribution in [1.29, 1.82) is 0 Å². The molecule has 0 aromatic heterocycles. The summed E-state index contributed by atoms with van der Waals surface area (Å²) in [4.78, 5) is 25.8. The second-order valence-corrected chi connectivity index (χ2v) is 7.47. The molecular formula is C23H23NO6. The maximum Gasteiger partial charge on any atom is 0.337 e. The number of allylic oxidation sites excluding steroid dienone is 1. The number of ketones is 1. The third-order valence-corrected chi connectivity index (χ3v) is 5.46. The predicted octanol–water partition coefficient (Wildman–Crippen LogP) is 0.887. The zero-order chi connectivity index (χ0) is 21.3. The van der Waals surface area contributed by atoms with Crippen LogP contribution in [0.1, 0.15) is 37.4 Å². The molecule has 2 aliphatic heterocycles. The minimum atomic E-state index is -0.427. The van der Waals surface area contributed by atoms with Crippen LogP contribution in [-0.4, -0.2) is 45.2 Å². The minimum Gasteiger partial charge on any atom is -0.872 e. The molecule has 156 valence electrons. The topological polar surface area (TPSA) is 89.3 Å². The first-order valence-corrected chi connectivity index (χ1v) is 9.85. The normalized spacial score (nSPS) is 17.7. The Morgan fingerprint density at radius 2 is 1.93 bits per heavy atom. The molecule has 1 fully saturated rings. The summed E-state index contributed by atoms with van der Waals surface area (Å²) in [5, 5.41) is 12.7. The van der Waals surface area contributed by atoms with Crippen LogP contribution in [0.25, 0.3) is 6.08 Å². The van der Waals surface area contributed by atoms with Gasteiger partial charge in [0.25, 0.3) is 0 Å². The van der Waals surface area contributed by atoms with Crippen molar-refractivity contribution in [2.45, 2.75) is 13.5 Å². The largest absolute Gasteiger partial charge is 0.872 e. The van der Waals surface area contributed by atoms with E-state index < -0.39 is 5.97 Å². The van der Waals surface area contributed by atoms with E-state index in [0.717, 1.165) is 13.1 Å². The number of esters is 1. The Labute approximate surface area is 174 Å². The summed E-state index contributed by atoms with van der Waals surface area (Å²) in [5.41, 5.74) is 2.73. The van der Waals surface area contributed by atoms with Crippen molar-refractivity contribution in [2.24, 2.45) is 0 Å². The molecule has 2 aromatic carbocycles. The lowest BCUT2D eigenvalue weighted by molar-refractivity contribution is -0.921. The number of ether oxygens (including phenoxy) is 3. The minimum absolute atomic E-state index is 0.110. The molecule has 0 radical (unpaired) electrons. The second kappa shape index (κ2) is 8.30. The number of nitrogens with one attached hydrogen (secondary N) is 1. The highest BCUT2D eigenvalue weighted by atomic mass is 16.5. The Balaban J connectivity index is 1.64. The van der Waals surface area contributed by atoms with Crippen molar-refractivity contribution >= 4 is 17.8 Å². The van der Waals surface area contributed by atoms with Crippen LogP contribution in [0.3, 0.4) is 0 Å². The monoisotopic (exact) mass is 409 g/mol. The van der Waals surface area contributed by atoms with Crippen LogP contribution in [0.15, 0.2) is 36.1 Å². The standard InChI is InChI=1S/C23H23NO6/c1-14-11-18(25)17(13-24-7-9-29-10-8-24)22-20(14)21(26)19(30-22)12-15-3-5-16(6-4-15)23(27)28-2/h3-6,11-12,25H,7-10,13H2,1-2H3/b19-12-. The number of aryl methyl sites for hydroxylation is 1. The van der Waals surface area contributed by atoms with Gasteiger partial charge in [-0.2, -0.15) is 0 Å². The predicted molar refractivity (Wildman–Crippen MR) is 107 cm³/mol. The van der Waals surface area contributed by atoms with Crippen LogP contribution in [0, 0.1) is 6.92 Å². The summed E-state index contributed by atoms with van der Waals surface area (Å²) in [7, 11) is 1.32. The highest BCUT2D eigenvalue weighted by Gasteiger charge is 2.33. The van der Waals surface area contributed by atoms with Crippen molar-refractivity contribution < 1.29 is 33.8 Å². The van der Waals surface area contributed by atoms with Crippen molar-refractivity contribution in [2.75, 3.05) is 33.4 Å². The first-order chi connectivity index (χ1) is 14.5. The molecule has 2 aromatic rings. The average molecular weight is 409 g/mol. The van der Waals surface area contributed by atoms with Gasteiger partial charge in [0.2, 0.25) is 5.78 Å². The molecule has 0 bridgehead atoms. The fraction of sp³-hybridized carbons (Fsp3) is 0.304. The molecular weight excluding hydrogens is 386 g/mol. The molecule has 7 heteroatoms. The lowest BCUT2D eigenvalue weighted by Crippen LogP contribution is -3.12. The number of hydrogen-bond donors (Lipinski definition) is 1. The zero-order valence-electron chi connectivity index (χ0n) is 16.9. The Bertz CT molecular complexity index is 1020. The molecule has 1 N–H and O–H groups in total. The van der Waals surface area contributed by atoms with E-state index in [9.17, 15) is 14.7 Å². The Morgan fingerprint density at radius 3 is 2.60 bits per heavy atom. The number of carbonyl (C=O) groups excluding carboxylic acids is 2. The number of benzene rings is 2. The number of quaternary nitrogens is 1. The molecule has 7 nitrogen and oxygen atoms in total. The summed E-state index contributed by atoms with van der Waals surface area (Å²) in [5.74, 6) is -0.229. The molecule has 0 amide bonds. The van der Waals surface area contributed by atoms with Crippen LogP contribution >= 0.6 is 0 Å². The first-order valence-electron chi connectivity index (χ1n) is 9.85. The van der Waals surface area contributed by atoms with Crippen LogP contribution in [-0.2, 0) is 16.0 Å². The van der Waals surface area contributed by atoms with Crippen LogP contribution in [0.4, 0.5) is 0 Å². The van der Waals surface area contributed by atoms with Crippen molar-refractivity contribution in [1.82, 2.24) is 0 Å². The van der Waals surface area contributed by atoms with Gasteiger partial charge in [-0.15, -0.1) is 0 Å². The van der Waals surface area contributed by atoms with Gasteiger partial charge in [-0.05, 0) is 36.3 Å². The van der Waals surface area contributed by atoms with Gasteiger partial charge in [0.1, 0.15) is 25.4 Å². The summed E-state index contributed by atoms with van der Waals surface area (Å²) in [6.45, 7) is 5.19. The van der Waals surface area contributed by atoms with Gasteiger partial charge in [0.05, 0.1) is 31.5 Å². The molecule has 0 aliphatic carbocycles. The molecule has 4 rings (SSSR count). The van der Waals surface area contributed by atoms with Crippen LogP contribution in [0.2, 0.25) is 0 Å². The van der Waals surface area contributed by atoms with E-state index in [0.29, 0.717) is 53.3 Å². The van der Waals surface area contributed by atoms with Crippen molar-refractivity contribution in [3.8, 4) is 11.5 Å². The smallest absolute Gasteiger partial charge is 0.337 e. The van der Waals surface area contributed by atoms with Crippen molar-refractivity contribution in [3.05, 3.63) is 63.9 Å². The van der Waals surface area contributed by atoms with Gasteiger partial charge in [0, 0.05) is 5.56 Å². The number of fused-ring (bicyclic) bond motifs is 1. The lowest BCUT2D eigenvalue weighted by atomic mass is 9.99. The molecule has 0 unspecified atom stereocenters. The van der Waals surface area contributed by atoms with Gasteiger partial charge >= 0.3 is 5.97 Å². The first kappa shape index (κ1) is 20.1. The lowest BCUT2D eigenvalue weighted by Gasteiger charge is -2.26. The van der Waals surface area contributed by atoms with Crippen molar-refractivity contribution in [3.63, 3.8) is 0 Å². The Hall–Kier alpha value is -3.16. The average Bonchev–Trinajstić information content (AvgIpc) is 3.08.